The molecule has 0 aromatic carbocycles. The Bertz CT molecular complexity index is 30.5. The van der Waals surface area contributed by atoms with E-state index in [-0.39, 0.29) is 22.5 Å². The summed E-state index contributed by atoms with van der Waals surface area (Å²) in [5, 5.41) is 14.8. The molecule has 0 aliphatic heterocycles. The normalized spacial score (nSPS) is 4.00. The van der Waals surface area contributed by atoms with E-state index in [1.807, 2.05) is 0 Å². The van der Waals surface area contributed by atoms with Gasteiger partial charge in [-0.2, -0.15) is 0 Å². The molecule has 0 saturated carbocycles. The second kappa shape index (κ2) is 8.82. The third kappa shape index (κ3) is 257. The monoisotopic (exact) mass is 143 g/mol. The van der Waals surface area contributed by atoms with Crippen molar-refractivity contribution in [3.05, 3.63) is 15.3 Å². The fourth-order valence-electron chi connectivity index (χ4n) is 0. The Morgan fingerprint density at radius 1 is 1.33 bits per heavy atom. The van der Waals surface area contributed by atoms with E-state index in [1.54, 1.807) is 0 Å². The Kier molecular flexibility index (Phi) is 25.5. The van der Waals surface area contributed by atoms with E-state index in [9.17, 15) is 0 Å². The standard InChI is InChI=1S/Cu.NO3.H2O/c;2-1(3)4;/h;;1H2/q+1;-1;. The number of hydrogen-bond acceptors (Lipinski definition) is 3. The van der Waals surface area contributed by atoms with Crippen molar-refractivity contribution in [2.45, 2.75) is 0 Å². The van der Waals surface area contributed by atoms with Crippen LogP contribution < -0.4 is 0 Å². The van der Waals surface area contributed by atoms with Crippen LogP contribution in [0.4, 0.5) is 0 Å². The predicted octanol–water partition coefficient (Wildman–Crippen LogP) is -1.07. The van der Waals surface area contributed by atoms with Gasteiger partial charge in [-0.05, 0) is 0 Å². The zero-order valence-corrected chi connectivity index (χ0v) is 3.42. The van der Waals surface area contributed by atoms with E-state index in [0.29, 0.717) is 0 Å². The smallest absolute Gasteiger partial charge is 0.412 e. The maximum atomic E-state index is 8.25. The molecule has 0 heterocycles. The molecule has 0 atom stereocenters. The molecule has 6 heteroatoms. The first-order chi connectivity index (χ1) is 1.73. The van der Waals surface area contributed by atoms with Crippen LogP contribution in [0, 0.1) is 15.3 Å². The van der Waals surface area contributed by atoms with E-state index in [0.717, 1.165) is 0 Å². The summed E-state index contributed by atoms with van der Waals surface area (Å²) in [6.07, 6.45) is 0. The molecule has 0 aromatic rings. The summed E-state index contributed by atoms with van der Waals surface area (Å²) in [5.41, 5.74) is 0. The summed E-state index contributed by atoms with van der Waals surface area (Å²) in [4.78, 5) is 8.25. The Labute approximate surface area is 43.9 Å². The molecule has 0 aromatic heterocycles. The molecule has 0 spiro atoms. The van der Waals surface area contributed by atoms with Crippen LogP contribution in [0.5, 0.6) is 0 Å². The minimum absolute atomic E-state index is 0. The largest absolute Gasteiger partial charge is 1.00 e. The fraction of sp³-hybridized carbons (Fsp3) is 0. The molecule has 0 saturated heterocycles. The molecule has 0 fully saturated rings. The average Bonchev–Trinajstić information content (AvgIpc) is 0.811. The third-order valence-corrected chi connectivity index (χ3v) is 0. The van der Waals surface area contributed by atoms with Crippen molar-refractivity contribution < 1.29 is 27.6 Å². The van der Waals surface area contributed by atoms with Crippen LogP contribution in [0.3, 0.4) is 0 Å². The summed E-state index contributed by atoms with van der Waals surface area (Å²) in [7, 11) is 0. The number of nitrogens with zero attached hydrogens (tertiary/aromatic N) is 1. The molecule has 0 rings (SSSR count). The van der Waals surface area contributed by atoms with Crippen molar-refractivity contribution in [3.8, 4) is 0 Å². The summed E-state index contributed by atoms with van der Waals surface area (Å²) in [6.45, 7) is 0. The van der Waals surface area contributed by atoms with Gasteiger partial charge < -0.3 is 20.8 Å². The van der Waals surface area contributed by atoms with E-state index >= 15 is 0 Å². The summed E-state index contributed by atoms with van der Waals surface area (Å²) < 4.78 is 0. The van der Waals surface area contributed by atoms with Gasteiger partial charge in [0, 0.05) is 0 Å². The van der Waals surface area contributed by atoms with E-state index in [1.165, 1.54) is 0 Å². The quantitative estimate of drug-likeness (QED) is 0.245. The third-order valence-electron chi connectivity index (χ3n) is 0. The van der Waals surface area contributed by atoms with Gasteiger partial charge >= 0.3 is 17.1 Å². The number of rotatable bonds is 0. The van der Waals surface area contributed by atoms with Gasteiger partial charge in [0.05, 0.1) is 5.09 Å². The zero-order valence-electron chi connectivity index (χ0n) is 2.47. The van der Waals surface area contributed by atoms with Crippen LogP contribution in [0.1, 0.15) is 0 Å². The summed E-state index contributed by atoms with van der Waals surface area (Å²) in [6, 6.07) is 0. The van der Waals surface area contributed by atoms with Crippen molar-refractivity contribution in [1.82, 2.24) is 0 Å². The van der Waals surface area contributed by atoms with Crippen molar-refractivity contribution in [2.24, 2.45) is 0 Å². The minimum Gasteiger partial charge on any atom is -0.412 e. The van der Waals surface area contributed by atoms with Crippen LogP contribution in [-0.4, -0.2) is 10.6 Å². The van der Waals surface area contributed by atoms with Crippen LogP contribution in [-0.2, 0) is 17.1 Å². The predicted molar refractivity (Wildman–Crippen MR) is 14.0 cm³/mol. The molecule has 0 aliphatic rings. The first kappa shape index (κ1) is 17.3. The van der Waals surface area contributed by atoms with Gasteiger partial charge in [-0.1, -0.05) is 0 Å². The van der Waals surface area contributed by atoms with Gasteiger partial charge in [0.1, 0.15) is 0 Å². The Balaban J connectivity index is -0.0000000450. The Hall–Kier alpha value is -0.321. The molecule has 2 N–H and O–H groups in total. The maximum absolute atomic E-state index is 8.25. The van der Waals surface area contributed by atoms with Crippen LogP contribution in [0.15, 0.2) is 0 Å². The van der Waals surface area contributed by atoms with Crippen molar-refractivity contribution >= 4 is 0 Å². The van der Waals surface area contributed by atoms with Crippen LogP contribution in [0.25, 0.3) is 0 Å². The first-order valence-corrected chi connectivity index (χ1v) is 0.548. The molecule has 6 heavy (non-hydrogen) atoms. The topological polar surface area (TPSA) is 97.7 Å². The Morgan fingerprint density at radius 2 is 1.33 bits per heavy atom. The SMILES string of the molecule is O.O=[N+]([O-])[O-].[Cu+]. The average molecular weight is 144 g/mol. The second-order valence-corrected chi connectivity index (χ2v) is 0.224. The van der Waals surface area contributed by atoms with E-state index < -0.39 is 5.09 Å². The first-order valence-electron chi connectivity index (χ1n) is 0.548. The van der Waals surface area contributed by atoms with Gasteiger partial charge in [-0.15, -0.1) is 0 Å². The molecule has 0 bridgehead atoms. The summed E-state index contributed by atoms with van der Waals surface area (Å²) >= 11 is 0. The van der Waals surface area contributed by atoms with Crippen molar-refractivity contribution in [3.63, 3.8) is 0 Å². The molecular formula is H2CuNO4. The van der Waals surface area contributed by atoms with Gasteiger partial charge in [0.2, 0.25) is 0 Å². The fourth-order valence-corrected chi connectivity index (χ4v) is 0. The molecule has 5 nitrogen and oxygen atoms in total. The van der Waals surface area contributed by atoms with E-state index in [2.05, 4.69) is 0 Å². The van der Waals surface area contributed by atoms with Gasteiger partial charge in [0.15, 0.2) is 0 Å². The molecule has 0 unspecified atom stereocenters. The van der Waals surface area contributed by atoms with Gasteiger partial charge in [-0.25, -0.2) is 0 Å². The van der Waals surface area contributed by atoms with E-state index in [4.69, 9.17) is 15.3 Å². The minimum atomic E-state index is -1.75. The van der Waals surface area contributed by atoms with Crippen LogP contribution >= 0.6 is 0 Å². The molecule has 0 amide bonds. The summed E-state index contributed by atoms with van der Waals surface area (Å²) in [5.74, 6) is 0. The molecular weight excluding hydrogens is 142 g/mol. The maximum Gasteiger partial charge on any atom is 1.00 e. The van der Waals surface area contributed by atoms with Crippen molar-refractivity contribution in [1.29, 1.82) is 0 Å². The van der Waals surface area contributed by atoms with Gasteiger partial charge in [-0.3, -0.25) is 0 Å². The van der Waals surface area contributed by atoms with Crippen LogP contribution in [0.2, 0.25) is 0 Å². The molecule has 0 aliphatic carbocycles. The number of hydrogen-bond donors (Lipinski definition) is 0. The Morgan fingerprint density at radius 3 is 1.33 bits per heavy atom. The molecule has 42 valence electrons. The second-order valence-electron chi connectivity index (χ2n) is 0.224. The molecule has 0 radical (unpaired) electrons. The zero-order chi connectivity index (χ0) is 3.58. The van der Waals surface area contributed by atoms with Crippen molar-refractivity contribution in [2.75, 3.05) is 0 Å². The van der Waals surface area contributed by atoms with Gasteiger partial charge in [0.25, 0.3) is 0 Å².